The largest absolute Gasteiger partial charge is 0.391 e. The van der Waals surface area contributed by atoms with Crippen molar-refractivity contribution in [1.82, 2.24) is 4.98 Å². The number of aliphatic hydroxyl groups excluding tert-OH is 1. The molecule has 3 heteroatoms. The number of fused-ring (bicyclic) bond motifs is 3. The first-order valence-electron chi connectivity index (χ1n) is 8.51. The molecule has 1 atom stereocenters. The number of aryl methyl sites for hydroxylation is 1. The van der Waals surface area contributed by atoms with Crippen LogP contribution in [0.1, 0.15) is 30.1 Å². The number of quaternary nitrogens is 1. The summed E-state index contributed by atoms with van der Waals surface area (Å²) in [5.41, 5.74) is 6.62. The van der Waals surface area contributed by atoms with E-state index in [4.69, 9.17) is 5.11 Å². The van der Waals surface area contributed by atoms with Crippen molar-refractivity contribution in [3.63, 3.8) is 0 Å². The van der Waals surface area contributed by atoms with Crippen LogP contribution in [-0.4, -0.2) is 23.2 Å². The third-order valence-electron chi connectivity index (χ3n) is 4.94. The van der Waals surface area contributed by atoms with E-state index in [1.54, 1.807) is 0 Å². The molecule has 1 aliphatic carbocycles. The maximum absolute atomic E-state index is 9.11. The molecule has 3 aromatic rings. The molecule has 0 radical (unpaired) electrons. The summed E-state index contributed by atoms with van der Waals surface area (Å²) in [6, 6.07) is 17.8. The number of aromatic nitrogens is 1. The molecule has 0 aliphatic heterocycles. The maximum Gasteiger partial charge on any atom is 0.127 e. The molecular weight excluding hydrogens is 284 g/mol. The average molecular weight is 307 g/mol. The van der Waals surface area contributed by atoms with Gasteiger partial charge in [0, 0.05) is 17.3 Å². The normalized spacial score (nSPS) is 17.3. The van der Waals surface area contributed by atoms with Gasteiger partial charge in [-0.2, -0.15) is 0 Å². The van der Waals surface area contributed by atoms with E-state index in [1.165, 1.54) is 46.1 Å². The highest BCUT2D eigenvalue weighted by Gasteiger charge is 2.26. The topological polar surface area (TPSA) is 52.6 Å². The van der Waals surface area contributed by atoms with E-state index < -0.39 is 0 Å². The summed E-state index contributed by atoms with van der Waals surface area (Å²) in [5.74, 6) is 0. The molecule has 1 aliphatic rings. The first-order valence-corrected chi connectivity index (χ1v) is 8.51. The molecule has 1 aromatic heterocycles. The standard InChI is InChI=1S/C20H22N2O/c23-12-11-21-19-8-4-7-16-17-13-15(14-5-2-1-3-6-14)9-10-18(17)22-20(16)19/h1-3,5-6,9-10,13,19,21-23H,4,7-8,11-12H2/p+1/t19-/m0/s1. The van der Waals surface area contributed by atoms with Gasteiger partial charge in [-0.25, -0.2) is 0 Å². The number of hydrogen-bond donors (Lipinski definition) is 3. The van der Waals surface area contributed by atoms with Crippen LogP contribution in [0.2, 0.25) is 0 Å². The lowest BCUT2D eigenvalue weighted by Crippen LogP contribution is -2.86. The van der Waals surface area contributed by atoms with Crippen molar-refractivity contribution in [2.45, 2.75) is 25.3 Å². The number of H-pyrrole nitrogens is 1. The zero-order valence-electron chi connectivity index (χ0n) is 13.3. The molecule has 0 spiro atoms. The van der Waals surface area contributed by atoms with Crippen molar-refractivity contribution in [2.24, 2.45) is 0 Å². The van der Waals surface area contributed by atoms with Gasteiger partial charge in [-0.05, 0) is 41.7 Å². The summed E-state index contributed by atoms with van der Waals surface area (Å²) < 4.78 is 0. The van der Waals surface area contributed by atoms with Gasteiger partial charge in [0.05, 0.1) is 18.8 Å². The summed E-state index contributed by atoms with van der Waals surface area (Å²) in [5, 5.41) is 12.7. The molecule has 0 unspecified atom stereocenters. The Balaban J connectivity index is 1.77. The second-order valence-corrected chi connectivity index (χ2v) is 6.39. The van der Waals surface area contributed by atoms with Crippen LogP contribution in [0.15, 0.2) is 48.5 Å². The van der Waals surface area contributed by atoms with Gasteiger partial charge < -0.3 is 15.4 Å². The summed E-state index contributed by atoms with van der Waals surface area (Å²) in [6.07, 6.45) is 3.56. The molecule has 3 nitrogen and oxygen atoms in total. The van der Waals surface area contributed by atoms with Gasteiger partial charge in [0.2, 0.25) is 0 Å². The molecule has 4 N–H and O–H groups in total. The fourth-order valence-electron chi connectivity index (χ4n) is 3.82. The lowest BCUT2D eigenvalue weighted by atomic mass is 9.91. The predicted molar refractivity (Wildman–Crippen MR) is 93.3 cm³/mol. The second kappa shape index (κ2) is 6.19. The average Bonchev–Trinajstić information content (AvgIpc) is 2.99. The lowest BCUT2D eigenvalue weighted by Gasteiger charge is -2.20. The minimum Gasteiger partial charge on any atom is -0.391 e. The van der Waals surface area contributed by atoms with Crippen molar-refractivity contribution in [2.75, 3.05) is 13.2 Å². The SMILES string of the molecule is OCC[NH2+][C@H]1CCCc2c1[nH]c1ccc(-c3ccccc3)cc21. The molecular formula is C20H23N2O+. The maximum atomic E-state index is 9.11. The molecule has 0 saturated heterocycles. The van der Waals surface area contributed by atoms with Gasteiger partial charge >= 0.3 is 0 Å². The molecule has 0 amide bonds. The smallest absolute Gasteiger partial charge is 0.127 e. The minimum atomic E-state index is 0.240. The highest BCUT2D eigenvalue weighted by atomic mass is 16.3. The number of rotatable bonds is 4. The molecule has 0 saturated carbocycles. The fraction of sp³-hybridized carbons (Fsp3) is 0.300. The number of aromatic amines is 1. The van der Waals surface area contributed by atoms with Gasteiger partial charge in [-0.15, -0.1) is 0 Å². The Hall–Kier alpha value is -2.10. The van der Waals surface area contributed by atoms with Crippen LogP contribution in [0.4, 0.5) is 0 Å². The van der Waals surface area contributed by atoms with Crippen molar-refractivity contribution in [3.8, 4) is 11.1 Å². The monoisotopic (exact) mass is 307 g/mol. The first kappa shape index (κ1) is 14.5. The van der Waals surface area contributed by atoms with Crippen LogP contribution < -0.4 is 5.32 Å². The van der Waals surface area contributed by atoms with Crippen molar-refractivity contribution in [1.29, 1.82) is 0 Å². The Morgan fingerprint density at radius 1 is 1.09 bits per heavy atom. The molecule has 2 aromatic carbocycles. The minimum absolute atomic E-state index is 0.240. The van der Waals surface area contributed by atoms with Crippen LogP contribution in [-0.2, 0) is 6.42 Å². The number of benzene rings is 2. The van der Waals surface area contributed by atoms with Gasteiger partial charge in [0.15, 0.2) is 0 Å². The second-order valence-electron chi connectivity index (χ2n) is 6.39. The van der Waals surface area contributed by atoms with E-state index in [0.717, 1.165) is 13.0 Å². The van der Waals surface area contributed by atoms with E-state index in [0.29, 0.717) is 6.04 Å². The van der Waals surface area contributed by atoms with Crippen LogP contribution in [0.3, 0.4) is 0 Å². The number of nitrogens with two attached hydrogens (primary N) is 1. The zero-order valence-corrected chi connectivity index (χ0v) is 13.3. The Morgan fingerprint density at radius 2 is 1.96 bits per heavy atom. The Bertz CT molecular complexity index is 807. The van der Waals surface area contributed by atoms with Gasteiger partial charge in [0.1, 0.15) is 6.04 Å². The molecule has 23 heavy (non-hydrogen) atoms. The van der Waals surface area contributed by atoms with Crippen molar-refractivity contribution >= 4 is 10.9 Å². The third kappa shape index (κ3) is 2.67. The Labute approximate surface area is 136 Å². The number of nitrogens with one attached hydrogen (secondary N) is 1. The van der Waals surface area contributed by atoms with Crippen LogP contribution in [0.5, 0.6) is 0 Å². The van der Waals surface area contributed by atoms with Crippen LogP contribution in [0, 0.1) is 0 Å². The zero-order chi connectivity index (χ0) is 15.6. The number of aliphatic hydroxyl groups is 1. The van der Waals surface area contributed by atoms with Gasteiger partial charge in [-0.3, -0.25) is 0 Å². The summed E-state index contributed by atoms with van der Waals surface area (Å²) in [4.78, 5) is 3.64. The summed E-state index contributed by atoms with van der Waals surface area (Å²) in [7, 11) is 0. The Morgan fingerprint density at radius 3 is 2.78 bits per heavy atom. The summed E-state index contributed by atoms with van der Waals surface area (Å²) in [6.45, 7) is 1.01. The van der Waals surface area contributed by atoms with E-state index in [9.17, 15) is 0 Å². The number of hydrogen-bond acceptors (Lipinski definition) is 1. The predicted octanol–water partition coefficient (Wildman–Crippen LogP) is 2.77. The van der Waals surface area contributed by atoms with E-state index in [-0.39, 0.29) is 6.61 Å². The molecule has 1 heterocycles. The van der Waals surface area contributed by atoms with Gasteiger partial charge in [0.25, 0.3) is 0 Å². The molecule has 0 bridgehead atoms. The first-order chi connectivity index (χ1) is 11.4. The molecule has 4 rings (SSSR count). The van der Waals surface area contributed by atoms with Crippen molar-refractivity contribution < 1.29 is 10.4 Å². The summed E-state index contributed by atoms with van der Waals surface area (Å²) >= 11 is 0. The van der Waals surface area contributed by atoms with Gasteiger partial charge in [-0.1, -0.05) is 36.4 Å². The fourth-order valence-corrected chi connectivity index (χ4v) is 3.82. The van der Waals surface area contributed by atoms with Crippen molar-refractivity contribution in [3.05, 3.63) is 59.8 Å². The lowest BCUT2D eigenvalue weighted by molar-refractivity contribution is -0.698. The van der Waals surface area contributed by atoms with Crippen LogP contribution >= 0.6 is 0 Å². The highest BCUT2D eigenvalue weighted by molar-refractivity contribution is 5.89. The van der Waals surface area contributed by atoms with E-state index >= 15 is 0 Å². The quantitative estimate of drug-likeness (QED) is 0.682. The highest BCUT2D eigenvalue weighted by Crippen LogP contribution is 2.35. The molecule has 0 fully saturated rings. The Kier molecular flexibility index (Phi) is 3.90. The third-order valence-corrected chi connectivity index (χ3v) is 4.94. The van der Waals surface area contributed by atoms with Crippen LogP contribution in [0.25, 0.3) is 22.0 Å². The van der Waals surface area contributed by atoms with E-state index in [2.05, 4.69) is 58.8 Å². The van der Waals surface area contributed by atoms with E-state index in [1.807, 2.05) is 0 Å². The molecule has 118 valence electrons.